The molecular formula is C20H29IN4O2. The highest BCUT2D eigenvalue weighted by Gasteiger charge is 2.20. The van der Waals surface area contributed by atoms with Crippen molar-refractivity contribution >= 4 is 41.4 Å². The summed E-state index contributed by atoms with van der Waals surface area (Å²) in [6, 6.07) is 8.17. The van der Waals surface area contributed by atoms with Gasteiger partial charge in [-0.25, -0.2) is 0 Å². The van der Waals surface area contributed by atoms with Crippen LogP contribution in [0, 0.1) is 0 Å². The van der Waals surface area contributed by atoms with Crippen LogP contribution in [0.4, 0.5) is 0 Å². The van der Waals surface area contributed by atoms with Crippen LogP contribution < -0.4 is 10.1 Å². The number of hydrogen-bond acceptors (Lipinski definition) is 3. The molecule has 0 atom stereocenters. The van der Waals surface area contributed by atoms with Gasteiger partial charge in [-0.2, -0.15) is 0 Å². The van der Waals surface area contributed by atoms with Gasteiger partial charge in [0.2, 0.25) is 5.91 Å². The number of aliphatic imine (C=N–C) groups is 1. The molecule has 2 heterocycles. The van der Waals surface area contributed by atoms with Gasteiger partial charge in [-0.1, -0.05) is 18.2 Å². The first kappa shape index (κ1) is 21.5. The van der Waals surface area contributed by atoms with Gasteiger partial charge in [-0.05, 0) is 42.5 Å². The van der Waals surface area contributed by atoms with E-state index < -0.39 is 0 Å². The van der Waals surface area contributed by atoms with Crippen molar-refractivity contribution in [1.29, 1.82) is 0 Å². The highest BCUT2D eigenvalue weighted by Crippen LogP contribution is 2.25. The monoisotopic (exact) mass is 484 g/mol. The fraction of sp³-hybridized carbons (Fsp3) is 0.500. The summed E-state index contributed by atoms with van der Waals surface area (Å²) in [5.74, 6) is 1.83. The number of carbonyl (C=O) groups is 1. The molecule has 1 aromatic rings. The van der Waals surface area contributed by atoms with E-state index in [4.69, 9.17) is 4.74 Å². The van der Waals surface area contributed by atoms with Crippen LogP contribution in [0.25, 0.3) is 5.57 Å². The summed E-state index contributed by atoms with van der Waals surface area (Å²) in [4.78, 5) is 20.7. The van der Waals surface area contributed by atoms with Crippen LogP contribution in [0.2, 0.25) is 0 Å². The van der Waals surface area contributed by atoms with E-state index in [1.165, 1.54) is 11.1 Å². The quantitative estimate of drug-likeness (QED) is 0.406. The Labute approximate surface area is 178 Å². The maximum atomic E-state index is 12.2. The Morgan fingerprint density at radius 2 is 2.00 bits per heavy atom. The third-order valence-corrected chi connectivity index (χ3v) is 5.02. The smallest absolute Gasteiger partial charge is 0.241 e. The third kappa shape index (κ3) is 5.60. The molecule has 1 aromatic carbocycles. The Bertz CT molecular complexity index is 699. The van der Waals surface area contributed by atoms with Crippen LogP contribution in [-0.2, 0) is 4.79 Å². The second-order valence-corrected chi connectivity index (χ2v) is 6.65. The highest BCUT2D eigenvalue weighted by molar-refractivity contribution is 14.0. The van der Waals surface area contributed by atoms with Gasteiger partial charge in [0.05, 0.1) is 13.7 Å². The second kappa shape index (κ2) is 10.5. The predicted octanol–water partition coefficient (Wildman–Crippen LogP) is 2.60. The lowest BCUT2D eigenvalue weighted by atomic mass is 9.99. The molecule has 27 heavy (non-hydrogen) atoms. The maximum Gasteiger partial charge on any atom is 0.241 e. The van der Waals surface area contributed by atoms with Crippen molar-refractivity contribution < 1.29 is 9.53 Å². The van der Waals surface area contributed by atoms with E-state index in [2.05, 4.69) is 33.4 Å². The number of amides is 1. The zero-order valence-corrected chi connectivity index (χ0v) is 18.4. The summed E-state index contributed by atoms with van der Waals surface area (Å²) in [6.07, 6.45) is 5.40. The second-order valence-electron chi connectivity index (χ2n) is 6.65. The minimum absolute atomic E-state index is 0. The minimum atomic E-state index is 0. The number of ether oxygens (including phenoxy) is 1. The Morgan fingerprint density at radius 1 is 1.22 bits per heavy atom. The number of likely N-dealkylation sites (tertiary alicyclic amines) is 1. The van der Waals surface area contributed by atoms with E-state index in [9.17, 15) is 4.79 Å². The average Bonchev–Trinajstić information content (AvgIpc) is 3.24. The van der Waals surface area contributed by atoms with Crippen LogP contribution in [0.1, 0.15) is 24.8 Å². The molecule has 148 valence electrons. The average molecular weight is 484 g/mol. The van der Waals surface area contributed by atoms with Crippen molar-refractivity contribution in [3.63, 3.8) is 0 Å². The molecule has 1 N–H and O–H groups in total. The van der Waals surface area contributed by atoms with Crippen molar-refractivity contribution in [2.45, 2.75) is 19.3 Å². The van der Waals surface area contributed by atoms with Gasteiger partial charge in [0.25, 0.3) is 0 Å². The maximum absolute atomic E-state index is 12.2. The van der Waals surface area contributed by atoms with Gasteiger partial charge in [-0.3, -0.25) is 9.79 Å². The summed E-state index contributed by atoms with van der Waals surface area (Å²) in [7, 11) is 3.46. The zero-order chi connectivity index (χ0) is 18.4. The number of nitrogens with one attached hydrogen (secondary N) is 1. The molecule has 0 spiro atoms. The first-order valence-electron chi connectivity index (χ1n) is 9.28. The van der Waals surface area contributed by atoms with E-state index in [-0.39, 0.29) is 29.9 Å². The summed E-state index contributed by atoms with van der Waals surface area (Å²) < 4.78 is 5.32. The Hall–Kier alpha value is -1.77. The lowest BCUT2D eigenvalue weighted by molar-refractivity contribution is -0.128. The first-order valence-corrected chi connectivity index (χ1v) is 9.28. The predicted molar refractivity (Wildman–Crippen MR) is 120 cm³/mol. The van der Waals surface area contributed by atoms with Crippen molar-refractivity contribution in [2.24, 2.45) is 4.99 Å². The van der Waals surface area contributed by atoms with E-state index in [0.717, 1.165) is 57.2 Å². The number of hydrogen-bond donors (Lipinski definition) is 1. The largest absolute Gasteiger partial charge is 0.497 e. The van der Waals surface area contributed by atoms with Crippen LogP contribution in [0.3, 0.4) is 0 Å². The van der Waals surface area contributed by atoms with Crippen LogP contribution in [-0.4, -0.2) is 68.5 Å². The van der Waals surface area contributed by atoms with Gasteiger partial charge >= 0.3 is 0 Å². The van der Waals surface area contributed by atoms with E-state index in [1.54, 1.807) is 14.2 Å². The topological polar surface area (TPSA) is 57.2 Å². The number of guanidine groups is 1. The van der Waals surface area contributed by atoms with Crippen LogP contribution in [0.15, 0.2) is 35.3 Å². The molecule has 2 aliphatic rings. The molecule has 0 aromatic heterocycles. The third-order valence-electron chi connectivity index (χ3n) is 5.02. The van der Waals surface area contributed by atoms with Gasteiger partial charge in [0.1, 0.15) is 5.75 Å². The van der Waals surface area contributed by atoms with Gasteiger partial charge in [0.15, 0.2) is 5.96 Å². The Kier molecular flexibility index (Phi) is 8.40. The molecule has 0 radical (unpaired) electrons. The van der Waals surface area contributed by atoms with Crippen LogP contribution >= 0.6 is 24.0 Å². The number of rotatable bonds is 4. The van der Waals surface area contributed by atoms with Gasteiger partial charge < -0.3 is 19.9 Å². The fourth-order valence-electron chi connectivity index (χ4n) is 3.51. The number of benzene rings is 1. The molecule has 7 heteroatoms. The number of nitrogens with zero attached hydrogens (tertiary/aromatic N) is 3. The normalized spacial score (nSPS) is 17.3. The molecule has 1 amide bonds. The molecule has 0 saturated carbocycles. The number of halogens is 1. The van der Waals surface area contributed by atoms with Gasteiger partial charge in [-0.15, -0.1) is 24.0 Å². The van der Waals surface area contributed by atoms with E-state index in [0.29, 0.717) is 6.54 Å². The number of methoxy groups -OCH3 is 1. The molecule has 1 fully saturated rings. The molecule has 0 aliphatic carbocycles. The summed E-state index contributed by atoms with van der Waals surface area (Å²) in [5, 5.41) is 3.22. The molecule has 0 bridgehead atoms. The molecular weight excluding hydrogens is 455 g/mol. The SMILES string of the molecule is CN=C(NCC(=O)N1CCCC1)N1CC=C(c2cccc(OC)c2)CC1.I. The van der Waals surface area contributed by atoms with E-state index in [1.807, 2.05) is 17.0 Å². The van der Waals surface area contributed by atoms with Crippen molar-refractivity contribution in [2.75, 3.05) is 46.9 Å². The lowest BCUT2D eigenvalue weighted by Gasteiger charge is -2.30. The summed E-state index contributed by atoms with van der Waals surface area (Å²) >= 11 is 0. The Morgan fingerprint density at radius 3 is 2.63 bits per heavy atom. The molecule has 3 rings (SSSR count). The molecule has 2 aliphatic heterocycles. The molecule has 0 unspecified atom stereocenters. The molecule has 6 nitrogen and oxygen atoms in total. The minimum Gasteiger partial charge on any atom is -0.497 e. The lowest BCUT2D eigenvalue weighted by Crippen LogP contribution is -2.47. The van der Waals surface area contributed by atoms with Crippen molar-refractivity contribution in [1.82, 2.24) is 15.1 Å². The van der Waals surface area contributed by atoms with E-state index >= 15 is 0 Å². The standard InChI is InChI=1S/C20H28N4O2.HI/c1-21-20(22-15-19(25)23-10-3-4-11-23)24-12-8-16(9-13-24)17-6-5-7-18(14-17)26-2;/h5-8,14H,3-4,9-13,15H2,1-2H3,(H,21,22);1H. The first-order chi connectivity index (χ1) is 12.7. The summed E-state index contributed by atoms with van der Waals surface area (Å²) in [6.45, 7) is 3.74. The van der Waals surface area contributed by atoms with Gasteiger partial charge in [0, 0.05) is 33.2 Å². The van der Waals surface area contributed by atoms with Crippen molar-refractivity contribution in [3.8, 4) is 5.75 Å². The zero-order valence-electron chi connectivity index (χ0n) is 16.1. The van der Waals surface area contributed by atoms with Crippen molar-refractivity contribution in [3.05, 3.63) is 35.9 Å². The Balaban J connectivity index is 0.00000261. The summed E-state index contributed by atoms with van der Waals surface area (Å²) in [5.41, 5.74) is 2.53. The molecule has 1 saturated heterocycles. The van der Waals surface area contributed by atoms with Crippen LogP contribution in [0.5, 0.6) is 5.75 Å². The highest BCUT2D eigenvalue weighted by atomic mass is 127. The number of carbonyl (C=O) groups excluding carboxylic acids is 1. The fourth-order valence-corrected chi connectivity index (χ4v) is 3.51.